The third kappa shape index (κ3) is 5.06. The second kappa shape index (κ2) is 11.7. The predicted octanol–water partition coefficient (Wildman–Crippen LogP) is 11.5. The van der Waals surface area contributed by atoms with Gasteiger partial charge in [-0.15, -0.1) is 0 Å². The van der Waals surface area contributed by atoms with Gasteiger partial charge in [0.05, 0.1) is 6.04 Å². The van der Waals surface area contributed by atoms with Gasteiger partial charge in [0.25, 0.3) is 0 Å². The van der Waals surface area contributed by atoms with E-state index < -0.39 is 0 Å². The van der Waals surface area contributed by atoms with Crippen LogP contribution in [0.1, 0.15) is 109 Å². The Hall–Kier alpha value is -4.18. The maximum atomic E-state index is 6.67. The fourth-order valence-corrected chi connectivity index (χ4v) is 11.6. The van der Waals surface area contributed by atoms with Crippen molar-refractivity contribution in [3.63, 3.8) is 0 Å². The molecule has 6 aliphatic rings. The lowest BCUT2D eigenvalue weighted by molar-refractivity contribution is 0.169. The molecular weight excluding hydrogens is 643 g/mol. The van der Waals surface area contributed by atoms with Crippen LogP contribution >= 0.6 is 0 Å². The number of fused-ring (bicyclic) bond motifs is 10. The van der Waals surface area contributed by atoms with Gasteiger partial charge < -0.3 is 14.6 Å². The number of benzene rings is 3. The molecule has 3 nitrogen and oxygen atoms in total. The third-order valence-electron chi connectivity index (χ3n) is 14.1. The van der Waals surface area contributed by atoms with Crippen molar-refractivity contribution in [1.29, 1.82) is 0 Å². The molecule has 4 heteroatoms. The van der Waals surface area contributed by atoms with Crippen molar-refractivity contribution in [2.24, 2.45) is 11.3 Å². The number of nitrogens with zero attached hydrogens (tertiary/aromatic N) is 1. The number of rotatable bonds is 2. The molecule has 3 aromatic carbocycles. The van der Waals surface area contributed by atoms with Crippen molar-refractivity contribution in [3.8, 4) is 11.1 Å². The number of nitrogens with one attached hydrogen (secondary N) is 1. The fourth-order valence-electron chi connectivity index (χ4n) is 11.6. The lowest BCUT2D eigenvalue weighted by Gasteiger charge is -2.57. The number of para-hydroxylation sites is 2. The molecule has 6 unspecified atom stereocenters. The van der Waals surface area contributed by atoms with Gasteiger partial charge in [0.15, 0.2) is 0 Å². The van der Waals surface area contributed by atoms with E-state index in [0.717, 1.165) is 30.6 Å². The maximum absolute atomic E-state index is 6.67. The van der Waals surface area contributed by atoms with Gasteiger partial charge in [0, 0.05) is 46.8 Å². The highest BCUT2D eigenvalue weighted by Gasteiger charge is 2.54. The highest BCUT2D eigenvalue weighted by molar-refractivity contribution is 6.83. The molecule has 4 aromatic rings. The number of anilines is 1. The Morgan fingerprint density at radius 3 is 2.53 bits per heavy atom. The van der Waals surface area contributed by atoms with Gasteiger partial charge in [-0.25, -0.2) is 0 Å². The van der Waals surface area contributed by atoms with E-state index >= 15 is 0 Å². The van der Waals surface area contributed by atoms with Gasteiger partial charge in [0.1, 0.15) is 11.3 Å². The zero-order chi connectivity index (χ0) is 36.6. The van der Waals surface area contributed by atoms with E-state index in [4.69, 9.17) is 4.42 Å². The monoisotopic (exact) mass is 698 g/mol. The minimum absolute atomic E-state index is 0.0198. The van der Waals surface area contributed by atoms with Crippen molar-refractivity contribution >= 4 is 28.8 Å². The highest BCUT2D eigenvalue weighted by Crippen LogP contribution is 2.56. The number of furan rings is 1. The predicted molar refractivity (Wildman–Crippen MR) is 223 cm³/mol. The fraction of sp³-hybridized carbons (Fsp3) is 0.429. The van der Waals surface area contributed by atoms with E-state index in [1.807, 2.05) is 0 Å². The molecule has 10 rings (SSSR count). The second-order valence-corrected chi connectivity index (χ2v) is 19.4. The van der Waals surface area contributed by atoms with E-state index in [1.54, 1.807) is 16.6 Å². The molecule has 0 spiro atoms. The zero-order valence-corrected chi connectivity index (χ0v) is 33.0. The van der Waals surface area contributed by atoms with Gasteiger partial charge in [-0.05, 0) is 90.1 Å². The Labute approximate surface area is 317 Å². The molecule has 0 radical (unpaired) electrons. The van der Waals surface area contributed by atoms with Crippen LogP contribution in [-0.4, -0.2) is 29.7 Å². The minimum atomic E-state index is 0.0198. The van der Waals surface area contributed by atoms with Gasteiger partial charge >= 0.3 is 0 Å². The largest absolute Gasteiger partial charge is 0.460 e. The van der Waals surface area contributed by atoms with Crippen LogP contribution in [0.25, 0.3) is 22.1 Å². The van der Waals surface area contributed by atoms with Crippen LogP contribution in [0.2, 0.25) is 5.82 Å². The zero-order valence-electron chi connectivity index (χ0n) is 33.0. The van der Waals surface area contributed by atoms with Crippen molar-refractivity contribution in [2.75, 3.05) is 5.32 Å². The van der Waals surface area contributed by atoms with Crippen LogP contribution in [0.5, 0.6) is 0 Å². The number of allylic oxidation sites excluding steroid dienone is 4. The first-order chi connectivity index (χ1) is 25.4. The quantitative estimate of drug-likeness (QED) is 0.147. The molecule has 4 aliphatic carbocycles. The molecule has 270 valence electrons. The molecule has 3 heterocycles. The molecule has 1 aromatic heterocycles. The summed E-state index contributed by atoms with van der Waals surface area (Å²) in [6.45, 7) is 19.7. The van der Waals surface area contributed by atoms with Crippen LogP contribution in [-0.2, 0) is 11.8 Å². The second-order valence-electron chi connectivity index (χ2n) is 19.4. The minimum Gasteiger partial charge on any atom is -0.460 e. The first-order valence-electron chi connectivity index (χ1n) is 20.4. The van der Waals surface area contributed by atoms with Crippen molar-refractivity contribution in [3.05, 3.63) is 130 Å². The molecule has 6 atom stereocenters. The normalized spacial score (nSPS) is 27.4. The summed E-state index contributed by atoms with van der Waals surface area (Å²) in [5.41, 5.74) is 17.6. The molecule has 0 amide bonds. The van der Waals surface area contributed by atoms with Crippen LogP contribution in [0, 0.1) is 11.3 Å². The Balaban J connectivity index is 1.21. The molecular formula is C49H55BN2O. The Kier molecular flexibility index (Phi) is 7.35. The van der Waals surface area contributed by atoms with Gasteiger partial charge in [-0.2, -0.15) is 0 Å². The Morgan fingerprint density at radius 1 is 0.925 bits per heavy atom. The van der Waals surface area contributed by atoms with Crippen LogP contribution in [0.4, 0.5) is 5.69 Å². The summed E-state index contributed by atoms with van der Waals surface area (Å²) in [7, 11) is 0. The van der Waals surface area contributed by atoms with E-state index in [1.165, 1.54) is 62.9 Å². The third-order valence-corrected chi connectivity index (χ3v) is 14.1. The summed E-state index contributed by atoms with van der Waals surface area (Å²) in [4.78, 5) is 3.00. The summed E-state index contributed by atoms with van der Waals surface area (Å²) in [5, 5.41) is 5.23. The van der Waals surface area contributed by atoms with Crippen LogP contribution < -0.4 is 10.8 Å². The van der Waals surface area contributed by atoms with Crippen LogP contribution in [0.15, 0.2) is 112 Å². The summed E-state index contributed by atoms with van der Waals surface area (Å²) < 4.78 is 6.67. The standard InChI is InChI=1S/C49H55BN2O/c1-28-22-29(2)47-42(23-28)52(40-18-13-17-39-46(40)32-14-9-11-16-38(32)51-39)41-26-30(48(3,4)5)20-21-36(41)50(47)37-25-31(49(6,7)8)24-35-34(37)27-44-45(35)33-15-10-12-19-43(33)53-44/h9-16,18-19,22,24-26,30,36,39-40,42,46,51H,17,20-21,23,27H2,1-8H3. The first-order valence-corrected chi connectivity index (χ1v) is 20.4. The van der Waals surface area contributed by atoms with Crippen molar-refractivity contribution < 1.29 is 4.42 Å². The Morgan fingerprint density at radius 2 is 1.72 bits per heavy atom. The maximum Gasteiger partial charge on any atom is 0.216 e. The summed E-state index contributed by atoms with van der Waals surface area (Å²) in [6.07, 6.45) is 15.9. The van der Waals surface area contributed by atoms with Gasteiger partial charge in [0.2, 0.25) is 6.71 Å². The lowest BCUT2D eigenvalue weighted by atomic mass is 9.27. The van der Waals surface area contributed by atoms with E-state index in [0.29, 0.717) is 42.5 Å². The highest BCUT2D eigenvalue weighted by atomic mass is 16.3. The van der Waals surface area contributed by atoms with E-state index in [9.17, 15) is 0 Å². The number of hydrogen-bond donors (Lipinski definition) is 1. The summed E-state index contributed by atoms with van der Waals surface area (Å²) in [6, 6.07) is 24.1. The molecule has 1 saturated heterocycles. The first kappa shape index (κ1) is 33.4. The molecule has 2 aliphatic heterocycles. The average molecular weight is 699 g/mol. The van der Waals surface area contributed by atoms with Crippen LogP contribution in [0.3, 0.4) is 0 Å². The summed E-state index contributed by atoms with van der Waals surface area (Å²) >= 11 is 0. The molecule has 1 N–H and O–H groups in total. The van der Waals surface area contributed by atoms with Crippen molar-refractivity contribution in [1.82, 2.24) is 4.90 Å². The van der Waals surface area contributed by atoms with Crippen molar-refractivity contribution in [2.45, 2.75) is 123 Å². The topological polar surface area (TPSA) is 28.4 Å². The van der Waals surface area contributed by atoms with E-state index in [2.05, 4.69) is 151 Å². The molecule has 53 heavy (non-hydrogen) atoms. The van der Waals surface area contributed by atoms with Gasteiger partial charge in [-0.1, -0.05) is 143 Å². The molecule has 0 saturated carbocycles. The Bertz CT molecular complexity index is 2300. The summed E-state index contributed by atoms with van der Waals surface area (Å²) in [5.74, 6) is 2.53. The molecule has 0 bridgehead atoms. The smallest absolute Gasteiger partial charge is 0.216 e. The average Bonchev–Trinajstić information content (AvgIpc) is 3.79. The lowest BCUT2D eigenvalue weighted by Crippen LogP contribution is -2.60. The van der Waals surface area contributed by atoms with Gasteiger partial charge in [-0.3, -0.25) is 0 Å². The number of hydrogen-bond acceptors (Lipinski definition) is 3. The van der Waals surface area contributed by atoms with E-state index in [-0.39, 0.29) is 10.8 Å². The molecule has 1 fully saturated rings. The SMILES string of the molecule is CC1=CC(C)=C2B(c3cc(C(C)(C)C)cc4c3Cc3oc5ccccc5c3-4)C3CCC(C(C)(C)C)C=C3N(C3C=CCC4Nc5ccccc5C43)C2C1.